The number of carbonyl (C=O) groups excluding carboxylic acids is 1. The lowest BCUT2D eigenvalue weighted by atomic mass is 10.0. The van der Waals surface area contributed by atoms with E-state index in [0.717, 1.165) is 18.9 Å². The Morgan fingerprint density at radius 3 is 2.80 bits per heavy atom. The number of hydrogen-bond acceptors (Lipinski definition) is 4. The van der Waals surface area contributed by atoms with Crippen molar-refractivity contribution in [2.24, 2.45) is 0 Å². The molecule has 2 heterocycles. The molecule has 2 saturated heterocycles. The van der Waals surface area contributed by atoms with Gasteiger partial charge in [-0.2, -0.15) is 0 Å². The minimum Gasteiger partial charge on any atom is -0.399 e. The second-order valence-electron chi connectivity index (χ2n) is 5.18. The molecule has 108 valence electrons. The molecule has 0 saturated carbocycles. The normalized spacial score (nSPS) is 21.4. The third-order valence-corrected chi connectivity index (χ3v) is 3.74. The van der Waals surface area contributed by atoms with Crippen molar-refractivity contribution >= 4 is 11.6 Å². The average molecular weight is 280 g/mol. The molecule has 2 aliphatic heterocycles. The first-order valence-corrected chi connectivity index (χ1v) is 6.72. The number of halogens is 1. The van der Waals surface area contributed by atoms with Crippen LogP contribution in [-0.4, -0.2) is 42.9 Å². The minimum absolute atomic E-state index is 0.0363. The Morgan fingerprint density at radius 2 is 2.10 bits per heavy atom. The summed E-state index contributed by atoms with van der Waals surface area (Å²) in [5.41, 5.74) is 5.83. The van der Waals surface area contributed by atoms with Crippen LogP contribution in [0, 0.1) is 5.82 Å². The van der Waals surface area contributed by atoms with E-state index in [1.54, 1.807) is 4.90 Å². The fraction of sp³-hybridized carbons (Fsp3) is 0.500. The van der Waals surface area contributed by atoms with Crippen molar-refractivity contribution in [1.82, 2.24) is 4.90 Å². The van der Waals surface area contributed by atoms with Gasteiger partial charge in [-0.15, -0.1) is 0 Å². The van der Waals surface area contributed by atoms with Gasteiger partial charge in [0, 0.05) is 18.7 Å². The summed E-state index contributed by atoms with van der Waals surface area (Å²) in [7, 11) is 0. The van der Waals surface area contributed by atoms with E-state index in [4.69, 9.17) is 15.2 Å². The molecule has 0 bridgehead atoms. The van der Waals surface area contributed by atoms with E-state index in [2.05, 4.69) is 0 Å². The highest BCUT2D eigenvalue weighted by molar-refractivity contribution is 5.95. The zero-order valence-corrected chi connectivity index (χ0v) is 11.1. The molecule has 0 radical (unpaired) electrons. The molecular weight excluding hydrogens is 263 g/mol. The number of rotatable bonds is 1. The number of ether oxygens (including phenoxy) is 2. The molecule has 1 spiro atoms. The van der Waals surface area contributed by atoms with E-state index in [9.17, 15) is 9.18 Å². The summed E-state index contributed by atoms with van der Waals surface area (Å²) in [5.74, 6) is -1.64. The monoisotopic (exact) mass is 280 g/mol. The third-order valence-electron chi connectivity index (χ3n) is 3.74. The van der Waals surface area contributed by atoms with Crippen molar-refractivity contribution in [2.75, 3.05) is 32.0 Å². The molecule has 20 heavy (non-hydrogen) atoms. The van der Waals surface area contributed by atoms with Gasteiger partial charge in [0.25, 0.3) is 5.91 Å². The first-order valence-electron chi connectivity index (χ1n) is 6.72. The van der Waals surface area contributed by atoms with Crippen molar-refractivity contribution in [2.45, 2.75) is 18.6 Å². The summed E-state index contributed by atoms with van der Waals surface area (Å²) >= 11 is 0. The number of hydrogen-bond donors (Lipinski definition) is 1. The number of benzene rings is 1. The zero-order chi connectivity index (χ0) is 14.2. The summed E-state index contributed by atoms with van der Waals surface area (Å²) in [6, 6.07) is 4.11. The Labute approximate surface area is 116 Å². The first kappa shape index (κ1) is 13.3. The lowest BCUT2D eigenvalue weighted by Crippen LogP contribution is -2.51. The number of nitrogen functional groups attached to an aromatic ring is 1. The molecular formula is C14H17FN2O3. The molecule has 6 heteroatoms. The maximum absolute atomic E-state index is 13.8. The molecule has 0 atom stereocenters. The number of amides is 1. The van der Waals surface area contributed by atoms with Crippen molar-refractivity contribution in [1.29, 1.82) is 0 Å². The first-order chi connectivity index (χ1) is 9.60. The summed E-state index contributed by atoms with van der Waals surface area (Å²) < 4.78 is 25.1. The molecule has 0 aliphatic carbocycles. The van der Waals surface area contributed by atoms with Crippen molar-refractivity contribution in [3.8, 4) is 0 Å². The Kier molecular flexibility index (Phi) is 3.35. The van der Waals surface area contributed by atoms with Crippen LogP contribution in [0.4, 0.5) is 10.1 Å². The van der Waals surface area contributed by atoms with Gasteiger partial charge in [-0.25, -0.2) is 4.39 Å². The van der Waals surface area contributed by atoms with Crippen LogP contribution in [-0.2, 0) is 9.47 Å². The summed E-state index contributed by atoms with van der Waals surface area (Å²) in [6.07, 6.45) is 1.54. The van der Waals surface area contributed by atoms with Crippen molar-refractivity contribution in [3.05, 3.63) is 29.6 Å². The standard InChI is InChI=1S/C14H17FN2O3/c15-12-8-10(16)2-3-11(12)13(18)17-5-1-4-14(9-17)19-6-7-20-14/h2-3,8H,1,4-7,9,16H2. The largest absolute Gasteiger partial charge is 0.399 e. The SMILES string of the molecule is Nc1ccc(C(=O)N2CCCC3(C2)OCCO3)c(F)c1. The predicted molar refractivity (Wildman–Crippen MR) is 70.6 cm³/mol. The van der Waals surface area contributed by atoms with Gasteiger partial charge in [-0.3, -0.25) is 4.79 Å². The maximum Gasteiger partial charge on any atom is 0.257 e. The van der Waals surface area contributed by atoms with Crippen LogP contribution < -0.4 is 5.73 Å². The highest BCUT2D eigenvalue weighted by atomic mass is 19.1. The summed E-state index contributed by atoms with van der Waals surface area (Å²) in [5, 5.41) is 0. The average Bonchev–Trinajstić information content (AvgIpc) is 2.86. The lowest BCUT2D eigenvalue weighted by molar-refractivity contribution is -0.183. The fourth-order valence-corrected chi connectivity index (χ4v) is 2.77. The fourth-order valence-electron chi connectivity index (χ4n) is 2.77. The van der Waals surface area contributed by atoms with Gasteiger partial charge in [0.2, 0.25) is 0 Å². The van der Waals surface area contributed by atoms with Crippen LogP contribution in [0.5, 0.6) is 0 Å². The highest BCUT2D eigenvalue weighted by Crippen LogP contribution is 2.31. The molecule has 3 rings (SSSR count). The van der Waals surface area contributed by atoms with Crippen molar-refractivity contribution < 1.29 is 18.7 Å². The lowest BCUT2D eigenvalue weighted by Gasteiger charge is -2.38. The van der Waals surface area contributed by atoms with Gasteiger partial charge in [0.05, 0.1) is 25.3 Å². The van der Waals surface area contributed by atoms with Crippen LogP contribution in [0.15, 0.2) is 18.2 Å². The summed E-state index contributed by atoms with van der Waals surface area (Å²) in [6.45, 7) is 2.00. The van der Waals surface area contributed by atoms with Gasteiger partial charge in [0.15, 0.2) is 5.79 Å². The number of anilines is 1. The van der Waals surface area contributed by atoms with Crippen molar-refractivity contribution in [3.63, 3.8) is 0 Å². The van der Waals surface area contributed by atoms with E-state index in [-0.39, 0.29) is 11.5 Å². The van der Waals surface area contributed by atoms with E-state index < -0.39 is 11.6 Å². The van der Waals surface area contributed by atoms with Gasteiger partial charge in [-0.1, -0.05) is 0 Å². The van der Waals surface area contributed by atoms with E-state index in [0.29, 0.717) is 32.0 Å². The van der Waals surface area contributed by atoms with Gasteiger partial charge in [-0.05, 0) is 24.6 Å². The van der Waals surface area contributed by atoms with E-state index in [1.165, 1.54) is 12.1 Å². The topological polar surface area (TPSA) is 64.8 Å². The van der Waals surface area contributed by atoms with Gasteiger partial charge >= 0.3 is 0 Å². The Hall–Kier alpha value is -1.66. The number of carbonyl (C=O) groups is 1. The molecule has 1 aromatic rings. The number of nitrogens with two attached hydrogens (primary N) is 1. The van der Waals surface area contributed by atoms with Gasteiger partial charge in [0.1, 0.15) is 5.82 Å². The Morgan fingerprint density at radius 1 is 1.35 bits per heavy atom. The van der Waals surface area contributed by atoms with Crippen LogP contribution in [0.25, 0.3) is 0 Å². The van der Waals surface area contributed by atoms with Crippen LogP contribution in [0.2, 0.25) is 0 Å². The molecule has 2 N–H and O–H groups in total. The summed E-state index contributed by atoms with van der Waals surface area (Å²) in [4.78, 5) is 14.0. The van der Waals surface area contributed by atoms with E-state index in [1.807, 2.05) is 0 Å². The van der Waals surface area contributed by atoms with E-state index >= 15 is 0 Å². The highest BCUT2D eigenvalue weighted by Gasteiger charge is 2.42. The number of likely N-dealkylation sites (tertiary alicyclic amines) is 1. The molecule has 2 aliphatic rings. The molecule has 0 aromatic heterocycles. The quantitative estimate of drug-likeness (QED) is 0.789. The Bertz CT molecular complexity index is 529. The van der Waals surface area contributed by atoms with Crippen LogP contribution in [0.3, 0.4) is 0 Å². The van der Waals surface area contributed by atoms with Gasteiger partial charge < -0.3 is 20.1 Å². The smallest absolute Gasteiger partial charge is 0.257 e. The Balaban J connectivity index is 1.79. The third kappa shape index (κ3) is 2.36. The predicted octanol–water partition coefficient (Wildman–Crippen LogP) is 1.39. The molecule has 1 aromatic carbocycles. The number of piperidine rings is 1. The molecule has 1 amide bonds. The molecule has 2 fully saturated rings. The van der Waals surface area contributed by atoms with Crippen LogP contribution >= 0.6 is 0 Å². The molecule has 0 unspecified atom stereocenters. The van der Waals surface area contributed by atoms with Crippen LogP contribution in [0.1, 0.15) is 23.2 Å². The second kappa shape index (κ2) is 5.03. The number of nitrogens with zero attached hydrogens (tertiary/aromatic N) is 1. The zero-order valence-electron chi connectivity index (χ0n) is 11.1. The minimum atomic E-state index is -0.696. The molecule has 5 nitrogen and oxygen atoms in total. The second-order valence-corrected chi connectivity index (χ2v) is 5.18. The maximum atomic E-state index is 13.8.